The molecule has 0 heterocycles. The third kappa shape index (κ3) is 3.58. The average Bonchev–Trinajstić information content (AvgIpc) is 2.38. The van der Waals surface area contributed by atoms with Crippen molar-refractivity contribution in [2.45, 2.75) is 19.5 Å². The van der Waals surface area contributed by atoms with E-state index in [9.17, 15) is 0 Å². The molecule has 19 heavy (non-hydrogen) atoms. The van der Waals surface area contributed by atoms with Gasteiger partial charge in [0.05, 0.1) is 0 Å². The molecule has 0 radical (unpaired) electrons. The van der Waals surface area contributed by atoms with E-state index in [1.807, 2.05) is 19.1 Å². The Morgan fingerprint density at radius 2 is 1.89 bits per heavy atom. The minimum atomic E-state index is 0.0427. The molecule has 2 N–H and O–H groups in total. The highest BCUT2D eigenvalue weighted by molar-refractivity contribution is 9.10. The number of nitrogens with two attached hydrogens (primary N) is 1. The van der Waals surface area contributed by atoms with E-state index in [0.29, 0.717) is 0 Å². The van der Waals surface area contributed by atoms with Gasteiger partial charge in [0.1, 0.15) is 0 Å². The molecular weight excluding hydrogens is 300 g/mol. The quantitative estimate of drug-likeness (QED) is 0.919. The zero-order valence-corrected chi connectivity index (χ0v) is 12.9. The Morgan fingerprint density at radius 3 is 2.58 bits per heavy atom. The van der Waals surface area contributed by atoms with Gasteiger partial charge >= 0.3 is 0 Å². The van der Waals surface area contributed by atoms with Crippen LogP contribution in [0.3, 0.4) is 0 Å². The van der Waals surface area contributed by atoms with Crippen LogP contribution >= 0.6 is 15.9 Å². The Balaban J connectivity index is 2.23. The van der Waals surface area contributed by atoms with Crippen LogP contribution in [0.5, 0.6) is 0 Å². The first-order valence-corrected chi connectivity index (χ1v) is 7.17. The zero-order valence-electron chi connectivity index (χ0n) is 11.3. The van der Waals surface area contributed by atoms with Gasteiger partial charge in [-0.2, -0.15) is 0 Å². The summed E-state index contributed by atoms with van der Waals surface area (Å²) in [6.45, 7) is 2.88. The number of para-hydroxylation sites is 1. The van der Waals surface area contributed by atoms with Gasteiger partial charge in [-0.25, -0.2) is 0 Å². The molecular formula is C16H19BrN2. The first-order chi connectivity index (χ1) is 9.08. The second kappa shape index (κ2) is 6.22. The number of nitrogens with zero attached hydrogens (tertiary/aromatic N) is 1. The topological polar surface area (TPSA) is 29.3 Å². The molecule has 0 amide bonds. The molecule has 2 aromatic rings. The van der Waals surface area contributed by atoms with Crippen molar-refractivity contribution in [1.29, 1.82) is 0 Å². The molecule has 1 atom stereocenters. The predicted molar refractivity (Wildman–Crippen MR) is 85.3 cm³/mol. The second-order valence-electron chi connectivity index (χ2n) is 4.83. The SMILES string of the molecule is CC(N)c1ccccc1N(C)Cc1cccc(Br)c1. The molecule has 0 aliphatic carbocycles. The lowest BCUT2D eigenvalue weighted by atomic mass is 10.1. The van der Waals surface area contributed by atoms with Gasteiger partial charge in [-0.1, -0.05) is 46.3 Å². The van der Waals surface area contributed by atoms with Crippen molar-refractivity contribution in [2.24, 2.45) is 5.73 Å². The maximum absolute atomic E-state index is 6.04. The molecule has 0 saturated heterocycles. The van der Waals surface area contributed by atoms with E-state index in [1.165, 1.54) is 16.8 Å². The second-order valence-corrected chi connectivity index (χ2v) is 5.75. The van der Waals surface area contributed by atoms with Crippen molar-refractivity contribution in [3.63, 3.8) is 0 Å². The highest BCUT2D eigenvalue weighted by Crippen LogP contribution is 2.25. The standard InChI is InChI=1S/C16H19BrN2/c1-12(18)15-8-3-4-9-16(15)19(2)11-13-6-5-7-14(17)10-13/h3-10,12H,11,18H2,1-2H3. The van der Waals surface area contributed by atoms with E-state index in [-0.39, 0.29) is 6.04 Å². The summed E-state index contributed by atoms with van der Waals surface area (Å²) in [7, 11) is 2.10. The van der Waals surface area contributed by atoms with Crippen LogP contribution in [0.15, 0.2) is 53.0 Å². The molecule has 100 valence electrons. The Morgan fingerprint density at radius 1 is 1.16 bits per heavy atom. The summed E-state index contributed by atoms with van der Waals surface area (Å²) >= 11 is 3.51. The summed E-state index contributed by atoms with van der Waals surface area (Å²) < 4.78 is 1.11. The number of hydrogen-bond donors (Lipinski definition) is 1. The molecule has 2 aromatic carbocycles. The van der Waals surface area contributed by atoms with E-state index >= 15 is 0 Å². The van der Waals surface area contributed by atoms with Gasteiger partial charge < -0.3 is 10.6 Å². The lowest BCUT2D eigenvalue weighted by Gasteiger charge is -2.24. The molecule has 0 spiro atoms. The van der Waals surface area contributed by atoms with Crippen LogP contribution in [0.2, 0.25) is 0 Å². The molecule has 0 aliphatic rings. The Hall–Kier alpha value is -1.32. The first kappa shape index (κ1) is 14.1. The van der Waals surface area contributed by atoms with Gasteiger partial charge in [0.25, 0.3) is 0 Å². The van der Waals surface area contributed by atoms with Gasteiger partial charge in [0, 0.05) is 29.8 Å². The van der Waals surface area contributed by atoms with Crippen molar-refractivity contribution >= 4 is 21.6 Å². The van der Waals surface area contributed by atoms with Gasteiger partial charge in [0.2, 0.25) is 0 Å². The normalized spacial score (nSPS) is 12.2. The van der Waals surface area contributed by atoms with Crippen LogP contribution in [0.4, 0.5) is 5.69 Å². The molecule has 0 aromatic heterocycles. The number of anilines is 1. The molecule has 2 nitrogen and oxygen atoms in total. The first-order valence-electron chi connectivity index (χ1n) is 6.38. The number of halogens is 1. The molecule has 0 fully saturated rings. The van der Waals surface area contributed by atoms with Crippen molar-refractivity contribution in [2.75, 3.05) is 11.9 Å². The van der Waals surface area contributed by atoms with E-state index in [1.54, 1.807) is 0 Å². The summed E-state index contributed by atoms with van der Waals surface area (Å²) in [5.74, 6) is 0. The third-order valence-electron chi connectivity index (χ3n) is 3.15. The maximum atomic E-state index is 6.04. The lowest BCUT2D eigenvalue weighted by Crippen LogP contribution is -2.20. The van der Waals surface area contributed by atoms with Crippen molar-refractivity contribution < 1.29 is 0 Å². The van der Waals surface area contributed by atoms with Crippen molar-refractivity contribution in [3.05, 3.63) is 64.1 Å². The summed E-state index contributed by atoms with van der Waals surface area (Å²) in [6.07, 6.45) is 0. The van der Waals surface area contributed by atoms with E-state index in [4.69, 9.17) is 5.73 Å². The van der Waals surface area contributed by atoms with E-state index in [0.717, 1.165) is 11.0 Å². The minimum absolute atomic E-state index is 0.0427. The van der Waals surface area contributed by atoms with Gasteiger partial charge in [0.15, 0.2) is 0 Å². The van der Waals surface area contributed by atoms with Gasteiger partial charge in [-0.3, -0.25) is 0 Å². The lowest BCUT2D eigenvalue weighted by molar-refractivity contribution is 0.801. The van der Waals surface area contributed by atoms with Crippen LogP contribution in [-0.2, 0) is 6.54 Å². The number of benzene rings is 2. The summed E-state index contributed by atoms with van der Waals surface area (Å²) in [5.41, 5.74) is 9.68. The number of hydrogen-bond acceptors (Lipinski definition) is 2. The number of rotatable bonds is 4. The zero-order chi connectivity index (χ0) is 13.8. The molecule has 0 bridgehead atoms. The highest BCUT2D eigenvalue weighted by Gasteiger charge is 2.10. The molecule has 0 saturated carbocycles. The highest BCUT2D eigenvalue weighted by atomic mass is 79.9. The monoisotopic (exact) mass is 318 g/mol. The van der Waals surface area contributed by atoms with Gasteiger partial charge in [-0.15, -0.1) is 0 Å². The van der Waals surface area contributed by atoms with Crippen LogP contribution in [0, 0.1) is 0 Å². The van der Waals surface area contributed by atoms with Crippen molar-refractivity contribution in [3.8, 4) is 0 Å². The fraction of sp³-hybridized carbons (Fsp3) is 0.250. The predicted octanol–water partition coefficient (Wildman–Crippen LogP) is 4.11. The fourth-order valence-corrected chi connectivity index (χ4v) is 2.66. The van der Waals surface area contributed by atoms with E-state index in [2.05, 4.69) is 64.3 Å². The van der Waals surface area contributed by atoms with E-state index < -0.39 is 0 Å². The van der Waals surface area contributed by atoms with Crippen LogP contribution in [0.25, 0.3) is 0 Å². The largest absolute Gasteiger partial charge is 0.370 e. The Bertz CT molecular complexity index is 552. The van der Waals surface area contributed by atoms with Crippen LogP contribution in [0.1, 0.15) is 24.1 Å². The molecule has 1 unspecified atom stereocenters. The van der Waals surface area contributed by atoms with Gasteiger partial charge in [-0.05, 0) is 36.2 Å². The average molecular weight is 319 g/mol. The van der Waals surface area contributed by atoms with Crippen molar-refractivity contribution in [1.82, 2.24) is 0 Å². The summed E-state index contributed by atoms with van der Waals surface area (Å²) in [4.78, 5) is 2.24. The Labute approximate surface area is 123 Å². The van der Waals surface area contributed by atoms with Crippen LogP contribution in [-0.4, -0.2) is 7.05 Å². The fourth-order valence-electron chi connectivity index (χ4n) is 2.21. The maximum Gasteiger partial charge on any atom is 0.0426 e. The summed E-state index contributed by atoms with van der Waals surface area (Å²) in [5, 5.41) is 0. The Kier molecular flexibility index (Phi) is 4.61. The minimum Gasteiger partial charge on any atom is -0.370 e. The summed E-state index contributed by atoms with van der Waals surface area (Å²) in [6, 6.07) is 16.7. The molecule has 2 rings (SSSR count). The van der Waals surface area contributed by atoms with Crippen LogP contribution < -0.4 is 10.6 Å². The smallest absolute Gasteiger partial charge is 0.0426 e. The third-order valence-corrected chi connectivity index (χ3v) is 3.64. The molecule has 3 heteroatoms. The molecule has 0 aliphatic heterocycles.